The van der Waals surface area contributed by atoms with Crippen LogP contribution in [0.2, 0.25) is 0 Å². The van der Waals surface area contributed by atoms with E-state index in [-0.39, 0.29) is 0 Å². The van der Waals surface area contributed by atoms with Gasteiger partial charge in [-0.3, -0.25) is 0 Å². The van der Waals surface area contributed by atoms with Crippen LogP contribution in [0.1, 0.15) is 5.56 Å². The minimum Gasteiger partial charge on any atom is -0.457 e. The van der Waals surface area contributed by atoms with Gasteiger partial charge in [-0.1, -0.05) is 59.9 Å². The molecule has 88 valence electrons. The average Bonchev–Trinajstić information content (AvgIpc) is 2.29. The van der Waals surface area contributed by atoms with Gasteiger partial charge in [0.2, 0.25) is 0 Å². The van der Waals surface area contributed by atoms with Crippen molar-refractivity contribution in [2.24, 2.45) is 0 Å². The number of alkyl halides is 1. The zero-order valence-corrected chi connectivity index (χ0v) is 13.5. The van der Waals surface area contributed by atoms with Crippen molar-refractivity contribution < 1.29 is 4.74 Å². The quantitative estimate of drug-likeness (QED) is 0.562. The number of benzene rings is 2. The normalized spacial score (nSPS) is 10.3. The van der Waals surface area contributed by atoms with E-state index in [1.807, 2.05) is 42.5 Å². The van der Waals surface area contributed by atoms with Gasteiger partial charge in [0.25, 0.3) is 0 Å². The van der Waals surface area contributed by atoms with E-state index in [0.717, 1.165) is 25.8 Å². The highest BCUT2D eigenvalue weighted by Crippen LogP contribution is 2.29. The second kappa shape index (κ2) is 6.03. The van der Waals surface area contributed by atoms with Gasteiger partial charge in [-0.05, 0) is 35.9 Å². The fraction of sp³-hybridized carbons (Fsp3) is 0.0769. The Balaban J connectivity index is 2.22. The lowest BCUT2D eigenvalue weighted by atomic mass is 10.2. The van der Waals surface area contributed by atoms with Crippen molar-refractivity contribution >= 4 is 47.8 Å². The summed E-state index contributed by atoms with van der Waals surface area (Å²) in [6, 6.07) is 13.7. The largest absolute Gasteiger partial charge is 0.457 e. The van der Waals surface area contributed by atoms with E-state index in [0.29, 0.717) is 0 Å². The zero-order valence-electron chi connectivity index (χ0n) is 8.79. The highest BCUT2D eigenvalue weighted by Gasteiger charge is 2.02. The van der Waals surface area contributed by atoms with Crippen LogP contribution in [-0.2, 0) is 5.33 Å². The molecule has 0 saturated carbocycles. The van der Waals surface area contributed by atoms with Crippen LogP contribution in [-0.4, -0.2) is 0 Å². The lowest BCUT2D eigenvalue weighted by molar-refractivity contribution is 0.482. The first kappa shape index (κ1) is 13.1. The van der Waals surface area contributed by atoms with E-state index in [1.54, 1.807) is 0 Å². The molecule has 4 heteroatoms. The van der Waals surface area contributed by atoms with Gasteiger partial charge in [-0.15, -0.1) is 0 Å². The molecular formula is C13H9Br3O. The summed E-state index contributed by atoms with van der Waals surface area (Å²) in [4.78, 5) is 0. The molecule has 0 fully saturated rings. The maximum absolute atomic E-state index is 5.76. The van der Waals surface area contributed by atoms with Gasteiger partial charge in [-0.25, -0.2) is 0 Å². The van der Waals surface area contributed by atoms with E-state index in [1.165, 1.54) is 5.56 Å². The molecule has 0 bridgehead atoms. The van der Waals surface area contributed by atoms with E-state index in [4.69, 9.17) is 4.74 Å². The highest BCUT2D eigenvalue weighted by atomic mass is 79.9. The third-order valence-corrected chi connectivity index (χ3v) is 4.04. The monoisotopic (exact) mass is 418 g/mol. The summed E-state index contributed by atoms with van der Waals surface area (Å²) in [5, 5.41) is 0.824. The Morgan fingerprint density at radius 2 is 1.71 bits per heavy atom. The van der Waals surface area contributed by atoms with Crippen LogP contribution in [0.15, 0.2) is 51.4 Å². The standard InChI is InChI=1S/C13H9Br3O/c14-8-9-4-5-12(7-13(9)16)17-11-3-1-2-10(15)6-11/h1-7H,8H2. The van der Waals surface area contributed by atoms with Crippen molar-refractivity contribution in [1.29, 1.82) is 0 Å². The van der Waals surface area contributed by atoms with E-state index < -0.39 is 0 Å². The fourth-order valence-corrected chi connectivity index (χ4v) is 3.11. The molecule has 0 aliphatic carbocycles. The van der Waals surface area contributed by atoms with Crippen molar-refractivity contribution in [3.63, 3.8) is 0 Å². The van der Waals surface area contributed by atoms with E-state index >= 15 is 0 Å². The third kappa shape index (κ3) is 3.57. The molecule has 0 aliphatic rings. The van der Waals surface area contributed by atoms with Crippen LogP contribution < -0.4 is 4.74 Å². The first-order valence-electron chi connectivity index (χ1n) is 4.97. The summed E-state index contributed by atoms with van der Waals surface area (Å²) < 4.78 is 7.81. The summed E-state index contributed by atoms with van der Waals surface area (Å²) in [6.07, 6.45) is 0. The Labute approximate surface area is 126 Å². The minimum absolute atomic E-state index is 0.817. The van der Waals surface area contributed by atoms with Crippen molar-refractivity contribution in [3.8, 4) is 11.5 Å². The van der Waals surface area contributed by atoms with Gasteiger partial charge < -0.3 is 4.74 Å². The maximum atomic E-state index is 5.76. The molecule has 0 atom stereocenters. The van der Waals surface area contributed by atoms with Crippen LogP contribution >= 0.6 is 47.8 Å². The topological polar surface area (TPSA) is 9.23 Å². The number of halogens is 3. The lowest BCUT2D eigenvalue weighted by Crippen LogP contribution is -1.86. The van der Waals surface area contributed by atoms with Gasteiger partial charge >= 0.3 is 0 Å². The third-order valence-electron chi connectivity index (χ3n) is 2.20. The predicted octanol–water partition coefficient (Wildman–Crippen LogP) is 5.90. The smallest absolute Gasteiger partial charge is 0.128 e. The predicted molar refractivity (Wildman–Crippen MR) is 81.0 cm³/mol. The molecule has 0 amide bonds. The molecule has 2 aromatic carbocycles. The number of hydrogen-bond donors (Lipinski definition) is 0. The molecule has 2 aromatic rings. The van der Waals surface area contributed by atoms with E-state index in [9.17, 15) is 0 Å². The zero-order chi connectivity index (χ0) is 12.3. The summed E-state index contributed by atoms with van der Waals surface area (Å²) in [5.74, 6) is 1.64. The molecule has 0 aliphatic heterocycles. The molecular weight excluding hydrogens is 412 g/mol. The molecule has 0 aromatic heterocycles. The highest BCUT2D eigenvalue weighted by molar-refractivity contribution is 9.11. The maximum Gasteiger partial charge on any atom is 0.128 e. The van der Waals surface area contributed by atoms with Crippen molar-refractivity contribution in [2.75, 3.05) is 0 Å². The van der Waals surface area contributed by atoms with Gasteiger partial charge in [0.05, 0.1) is 0 Å². The van der Waals surface area contributed by atoms with Gasteiger partial charge in [-0.2, -0.15) is 0 Å². The number of hydrogen-bond acceptors (Lipinski definition) is 1. The molecule has 0 spiro atoms. The Bertz CT molecular complexity index is 526. The van der Waals surface area contributed by atoms with Crippen molar-refractivity contribution in [3.05, 3.63) is 57.0 Å². The van der Waals surface area contributed by atoms with Crippen LogP contribution in [0.25, 0.3) is 0 Å². The molecule has 17 heavy (non-hydrogen) atoms. The molecule has 1 nitrogen and oxygen atoms in total. The SMILES string of the molecule is BrCc1ccc(Oc2cccc(Br)c2)cc1Br. The number of ether oxygens (including phenoxy) is 1. The van der Waals surface area contributed by atoms with Crippen molar-refractivity contribution in [1.82, 2.24) is 0 Å². The Hall–Kier alpha value is -0.320. The van der Waals surface area contributed by atoms with Crippen molar-refractivity contribution in [2.45, 2.75) is 5.33 Å². The lowest BCUT2D eigenvalue weighted by Gasteiger charge is -2.08. The molecule has 2 rings (SSSR count). The molecule has 0 unspecified atom stereocenters. The summed E-state index contributed by atoms with van der Waals surface area (Å²) in [6.45, 7) is 0. The van der Waals surface area contributed by atoms with Gasteiger partial charge in [0.15, 0.2) is 0 Å². The summed E-state index contributed by atoms with van der Waals surface area (Å²) in [5.41, 5.74) is 1.20. The van der Waals surface area contributed by atoms with Gasteiger partial charge in [0.1, 0.15) is 11.5 Å². The molecule has 0 saturated heterocycles. The summed E-state index contributed by atoms with van der Waals surface area (Å²) in [7, 11) is 0. The van der Waals surface area contributed by atoms with Gasteiger partial charge in [0, 0.05) is 14.3 Å². The Morgan fingerprint density at radius 1 is 0.941 bits per heavy atom. The molecule has 0 radical (unpaired) electrons. The van der Waals surface area contributed by atoms with E-state index in [2.05, 4.69) is 47.8 Å². The molecule has 0 N–H and O–H groups in total. The van der Waals surface area contributed by atoms with Crippen LogP contribution in [0.4, 0.5) is 0 Å². The first-order valence-corrected chi connectivity index (χ1v) is 7.67. The Morgan fingerprint density at radius 3 is 2.35 bits per heavy atom. The fourth-order valence-electron chi connectivity index (χ4n) is 1.37. The second-order valence-corrected chi connectivity index (χ2v) is 5.78. The minimum atomic E-state index is 0.817. The first-order chi connectivity index (χ1) is 8.19. The Kier molecular flexibility index (Phi) is 4.65. The summed E-state index contributed by atoms with van der Waals surface area (Å²) >= 11 is 10.4. The van der Waals surface area contributed by atoms with Crippen LogP contribution in [0.5, 0.6) is 11.5 Å². The second-order valence-electron chi connectivity index (χ2n) is 3.45. The van der Waals surface area contributed by atoms with Crippen LogP contribution in [0.3, 0.4) is 0 Å². The molecule has 0 heterocycles. The average molecular weight is 421 g/mol. The van der Waals surface area contributed by atoms with Crippen LogP contribution in [0, 0.1) is 0 Å². The number of rotatable bonds is 3.